The fourth-order valence-corrected chi connectivity index (χ4v) is 7.33. The molecular weight excluding hydrogens is 471 g/mol. The van der Waals surface area contributed by atoms with E-state index in [0.717, 1.165) is 57.9 Å². The lowest BCUT2D eigenvalue weighted by atomic mass is 9.67. The monoisotopic (exact) mass is 514 g/mol. The molecule has 2 amide bonds. The number of methoxy groups -OCH3 is 1. The fraction of sp³-hybridized carbons (Fsp3) is 0.733. The van der Waals surface area contributed by atoms with Gasteiger partial charge in [0.15, 0.2) is 11.6 Å². The Labute approximate surface area is 220 Å². The van der Waals surface area contributed by atoms with Crippen molar-refractivity contribution in [1.82, 2.24) is 10.6 Å². The van der Waals surface area contributed by atoms with Crippen LogP contribution in [0.3, 0.4) is 0 Å². The Kier molecular flexibility index (Phi) is 7.69. The largest absolute Gasteiger partial charge is 0.496 e. The minimum atomic E-state index is -0.523. The van der Waals surface area contributed by atoms with E-state index in [1.165, 1.54) is 38.5 Å². The molecule has 204 valence electrons. The Bertz CT molecular complexity index is 996. The Morgan fingerprint density at radius 1 is 1.05 bits per heavy atom. The predicted octanol–water partition coefficient (Wildman–Crippen LogP) is 5.63. The number of carbonyl (C=O) groups is 2. The second kappa shape index (κ2) is 10.8. The summed E-state index contributed by atoms with van der Waals surface area (Å²) in [7, 11) is 1.44. The minimum Gasteiger partial charge on any atom is -0.496 e. The lowest BCUT2D eigenvalue weighted by molar-refractivity contribution is -0.128. The summed E-state index contributed by atoms with van der Waals surface area (Å²) in [6.07, 6.45) is 11.5. The molecule has 7 heteroatoms. The third-order valence-electron chi connectivity index (χ3n) is 10.1. The maximum Gasteiger partial charge on any atom is 0.255 e. The number of amides is 2. The quantitative estimate of drug-likeness (QED) is 0.448. The standard InChI is InChI=1S/C30H43FN2O4/c1-4-30(12-5-13-30)17-32-29(35)26-19-8-9-20(14-19)27(26)33-28(34)22-15-25(23(31)16-24(22)36-3)37-21-10-6-18(2)7-11-21/h15-16,18-21,26-27H,4-14,17H2,1-3H3,(H,32,35)(H,33,34)/t18?,19-,20+,21?,26+,27-/m1/s1. The van der Waals surface area contributed by atoms with E-state index in [2.05, 4.69) is 24.5 Å². The van der Waals surface area contributed by atoms with E-state index in [9.17, 15) is 14.0 Å². The van der Waals surface area contributed by atoms with Crippen LogP contribution in [0.15, 0.2) is 12.1 Å². The van der Waals surface area contributed by atoms with Gasteiger partial charge in [0.2, 0.25) is 5.91 Å². The molecule has 2 N–H and O–H groups in total. The van der Waals surface area contributed by atoms with Crippen molar-refractivity contribution in [2.24, 2.45) is 29.1 Å². The molecule has 1 aromatic carbocycles. The number of nitrogens with one attached hydrogen (secondary N) is 2. The van der Waals surface area contributed by atoms with Crippen LogP contribution in [0.5, 0.6) is 11.5 Å². The zero-order valence-corrected chi connectivity index (χ0v) is 22.6. The highest BCUT2D eigenvalue weighted by Gasteiger charge is 2.52. The molecule has 4 fully saturated rings. The summed E-state index contributed by atoms with van der Waals surface area (Å²) in [5.41, 5.74) is 0.504. The zero-order chi connectivity index (χ0) is 26.2. The lowest BCUT2D eigenvalue weighted by Crippen LogP contribution is -2.52. The molecule has 37 heavy (non-hydrogen) atoms. The second-order valence-corrected chi connectivity index (χ2v) is 12.3. The molecule has 0 unspecified atom stereocenters. The van der Waals surface area contributed by atoms with Gasteiger partial charge in [-0.2, -0.15) is 0 Å². The van der Waals surface area contributed by atoms with Gasteiger partial charge in [0.05, 0.1) is 24.7 Å². The molecule has 1 aromatic rings. The molecule has 4 atom stereocenters. The first kappa shape index (κ1) is 26.3. The van der Waals surface area contributed by atoms with E-state index in [1.807, 2.05) is 0 Å². The van der Waals surface area contributed by atoms with Crippen LogP contribution < -0.4 is 20.1 Å². The van der Waals surface area contributed by atoms with Gasteiger partial charge < -0.3 is 20.1 Å². The number of halogens is 1. The summed E-state index contributed by atoms with van der Waals surface area (Å²) in [5, 5.41) is 6.42. The van der Waals surface area contributed by atoms with Gasteiger partial charge in [0, 0.05) is 18.7 Å². The molecule has 0 heterocycles. The van der Waals surface area contributed by atoms with Gasteiger partial charge in [-0.1, -0.05) is 20.3 Å². The van der Waals surface area contributed by atoms with E-state index in [0.29, 0.717) is 17.8 Å². The first-order valence-electron chi connectivity index (χ1n) is 14.4. The summed E-state index contributed by atoms with van der Waals surface area (Å²) in [6.45, 7) is 5.16. The van der Waals surface area contributed by atoms with Crippen molar-refractivity contribution in [2.45, 2.75) is 96.6 Å². The number of ether oxygens (including phenoxy) is 2. The van der Waals surface area contributed by atoms with Gasteiger partial charge in [-0.05, 0) is 93.4 Å². The fourth-order valence-electron chi connectivity index (χ4n) is 7.33. The van der Waals surface area contributed by atoms with Crippen LogP contribution in [0.4, 0.5) is 4.39 Å². The summed E-state index contributed by atoms with van der Waals surface area (Å²) in [4.78, 5) is 26.9. The molecule has 5 rings (SSSR count). The summed E-state index contributed by atoms with van der Waals surface area (Å²) < 4.78 is 26.3. The highest BCUT2D eigenvalue weighted by molar-refractivity contribution is 5.98. The Hall–Kier alpha value is -2.31. The maximum atomic E-state index is 14.9. The third kappa shape index (κ3) is 5.33. The topological polar surface area (TPSA) is 76.7 Å². The van der Waals surface area contributed by atoms with Crippen LogP contribution in [0.1, 0.15) is 94.8 Å². The normalized spacial score (nSPS) is 31.9. The van der Waals surface area contributed by atoms with Crippen molar-refractivity contribution >= 4 is 11.8 Å². The molecule has 0 aromatic heterocycles. The molecule has 0 radical (unpaired) electrons. The number of hydrogen-bond acceptors (Lipinski definition) is 4. The van der Waals surface area contributed by atoms with Crippen molar-refractivity contribution in [1.29, 1.82) is 0 Å². The Morgan fingerprint density at radius 3 is 2.43 bits per heavy atom. The zero-order valence-electron chi connectivity index (χ0n) is 22.6. The molecule has 4 saturated carbocycles. The number of carbonyl (C=O) groups excluding carboxylic acids is 2. The third-order valence-corrected chi connectivity index (χ3v) is 10.1. The molecule has 0 saturated heterocycles. The molecular formula is C30H43FN2O4. The first-order chi connectivity index (χ1) is 17.8. The van der Waals surface area contributed by atoms with Crippen LogP contribution >= 0.6 is 0 Å². The van der Waals surface area contributed by atoms with E-state index in [-0.39, 0.29) is 52.4 Å². The molecule has 0 spiro atoms. The van der Waals surface area contributed by atoms with Crippen molar-refractivity contribution < 1.29 is 23.5 Å². The average molecular weight is 515 g/mol. The van der Waals surface area contributed by atoms with Gasteiger partial charge in [0.1, 0.15) is 5.75 Å². The first-order valence-corrected chi connectivity index (χ1v) is 14.4. The van der Waals surface area contributed by atoms with Crippen LogP contribution in [-0.4, -0.2) is 37.6 Å². The number of fused-ring (bicyclic) bond motifs is 2. The smallest absolute Gasteiger partial charge is 0.255 e. The molecule has 2 bridgehead atoms. The van der Waals surface area contributed by atoms with E-state index >= 15 is 0 Å². The van der Waals surface area contributed by atoms with Gasteiger partial charge in [-0.25, -0.2) is 4.39 Å². The predicted molar refractivity (Wildman–Crippen MR) is 140 cm³/mol. The van der Waals surface area contributed by atoms with E-state index in [4.69, 9.17) is 9.47 Å². The van der Waals surface area contributed by atoms with Gasteiger partial charge in [-0.3, -0.25) is 9.59 Å². The highest BCUT2D eigenvalue weighted by Crippen LogP contribution is 2.49. The average Bonchev–Trinajstić information content (AvgIpc) is 3.47. The lowest BCUT2D eigenvalue weighted by Gasteiger charge is -2.42. The number of benzene rings is 1. The summed E-state index contributed by atoms with van der Waals surface area (Å²) in [5.74, 6) is 0.522. The maximum absolute atomic E-state index is 14.9. The Morgan fingerprint density at radius 2 is 1.78 bits per heavy atom. The number of rotatable bonds is 9. The van der Waals surface area contributed by atoms with E-state index < -0.39 is 5.82 Å². The van der Waals surface area contributed by atoms with Crippen LogP contribution in [0.25, 0.3) is 0 Å². The van der Waals surface area contributed by atoms with Gasteiger partial charge >= 0.3 is 0 Å². The minimum absolute atomic E-state index is 0.0456. The van der Waals surface area contributed by atoms with Crippen molar-refractivity contribution in [3.8, 4) is 11.5 Å². The van der Waals surface area contributed by atoms with Gasteiger partial charge in [-0.15, -0.1) is 0 Å². The van der Waals surface area contributed by atoms with E-state index in [1.54, 1.807) is 0 Å². The van der Waals surface area contributed by atoms with Crippen molar-refractivity contribution in [2.75, 3.05) is 13.7 Å². The van der Waals surface area contributed by atoms with Crippen molar-refractivity contribution in [3.05, 3.63) is 23.5 Å². The summed E-state index contributed by atoms with van der Waals surface area (Å²) >= 11 is 0. The molecule has 4 aliphatic rings. The van der Waals surface area contributed by atoms with Gasteiger partial charge in [0.25, 0.3) is 5.91 Å². The van der Waals surface area contributed by atoms with Crippen LogP contribution in [-0.2, 0) is 4.79 Å². The molecule has 6 nitrogen and oxygen atoms in total. The van der Waals surface area contributed by atoms with Crippen LogP contribution in [0.2, 0.25) is 0 Å². The van der Waals surface area contributed by atoms with Crippen LogP contribution in [0, 0.1) is 34.9 Å². The van der Waals surface area contributed by atoms with Crippen molar-refractivity contribution in [3.63, 3.8) is 0 Å². The second-order valence-electron chi connectivity index (χ2n) is 12.3. The SMILES string of the molecule is CCC1(CNC(=O)[C@H]2[C@@H]3CC[C@@H](C3)[C@H]2NC(=O)c2cc(OC3CCC(C)CC3)c(F)cc2OC)CCC1. The Balaban J connectivity index is 1.29. The molecule has 4 aliphatic carbocycles. The molecule has 0 aliphatic heterocycles. The highest BCUT2D eigenvalue weighted by atomic mass is 19.1. The summed E-state index contributed by atoms with van der Waals surface area (Å²) in [6, 6.07) is 2.50. The number of hydrogen-bond donors (Lipinski definition) is 2.